The van der Waals surface area contributed by atoms with Gasteiger partial charge in [-0.3, -0.25) is 4.99 Å². The Morgan fingerprint density at radius 1 is 1.62 bits per heavy atom. The van der Waals surface area contributed by atoms with Crippen molar-refractivity contribution in [1.29, 1.82) is 0 Å². The Hall–Kier alpha value is -0.850. The van der Waals surface area contributed by atoms with E-state index in [9.17, 15) is 0 Å². The minimum atomic E-state index is 1.02. The predicted molar refractivity (Wildman–Crippen MR) is 38.1 cm³/mol. The molecule has 0 unspecified atom stereocenters. The zero-order valence-corrected chi connectivity index (χ0v) is 5.39. The van der Waals surface area contributed by atoms with Crippen LogP contribution in [0.15, 0.2) is 29.4 Å². The molecular formula is C7H11N. The van der Waals surface area contributed by atoms with Gasteiger partial charge in [0.1, 0.15) is 0 Å². The molecule has 0 aromatic rings. The van der Waals surface area contributed by atoms with Crippen molar-refractivity contribution in [2.45, 2.75) is 13.8 Å². The van der Waals surface area contributed by atoms with E-state index in [-0.39, 0.29) is 0 Å². The van der Waals surface area contributed by atoms with Gasteiger partial charge in [-0.2, -0.15) is 0 Å². The summed E-state index contributed by atoms with van der Waals surface area (Å²) in [5.74, 6) is 0. The Morgan fingerprint density at radius 3 is 2.62 bits per heavy atom. The second kappa shape index (κ2) is 4.31. The quantitative estimate of drug-likeness (QED) is 0.380. The van der Waals surface area contributed by atoms with Crippen molar-refractivity contribution in [3.05, 3.63) is 24.4 Å². The average molecular weight is 109 g/mol. The SMILES string of the molecule is C=C(C)C=CN=CC. The monoisotopic (exact) mass is 109 g/mol. The molecule has 44 valence electrons. The van der Waals surface area contributed by atoms with E-state index in [0.29, 0.717) is 0 Å². The molecule has 0 bridgehead atoms. The van der Waals surface area contributed by atoms with E-state index in [4.69, 9.17) is 0 Å². The Kier molecular flexibility index (Phi) is 3.85. The number of allylic oxidation sites excluding steroid dienone is 2. The van der Waals surface area contributed by atoms with Crippen LogP contribution in [0.1, 0.15) is 13.8 Å². The highest BCUT2D eigenvalue weighted by Gasteiger charge is 1.67. The van der Waals surface area contributed by atoms with E-state index in [1.165, 1.54) is 0 Å². The van der Waals surface area contributed by atoms with Gasteiger partial charge in [-0.1, -0.05) is 12.2 Å². The first kappa shape index (κ1) is 7.15. The van der Waals surface area contributed by atoms with Crippen molar-refractivity contribution in [1.82, 2.24) is 0 Å². The number of hydrogen-bond acceptors (Lipinski definition) is 1. The summed E-state index contributed by atoms with van der Waals surface area (Å²) in [5, 5.41) is 0. The molecule has 0 atom stereocenters. The van der Waals surface area contributed by atoms with E-state index < -0.39 is 0 Å². The third-order valence-corrected chi connectivity index (χ3v) is 0.594. The van der Waals surface area contributed by atoms with Crippen LogP contribution >= 0.6 is 0 Å². The van der Waals surface area contributed by atoms with Gasteiger partial charge in [0, 0.05) is 12.4 Å². The summed E-state index contributed by atoms with van der Waals surface area (Å²) >= 11 is 0. The van der Waals surface area contributed by atoms with Gasteiger partial charge in [0.2, 0.25) is 0 Å². The van der Waals surface area contributed by atoms with Crippen LogP contribution in [0.2, 0.25) is 0 Å². The molecule has 0 amide bonds. The van der Waals surface area contributed by atoms with E-state index in [1.54, 1.807) is 12.4 Å². The Balaban J connectivity index is 3.50. The van der Waals surface area contributed by atoms with E-state index in [1.807, 2.05) is 19.9 Å². The summed E-state index contributed by atoms with van der Waals surface area (Å²) < 4.78 is 0. The molecule has 0 aromatic heterocycles. The Bertz CT molecular complexity index is 120. The van der Waals surface area contributed by atoms with E-state index in [2.05, 4.69) is 11.6 Å². The van der Waals surface area contributed by atoms with Gasteiger partial charge >= 0.3 is 0 Å². The fourth-order valence-corrected chi connectivity index (χ4v) is 0.256. The Morgan fingerprint density at radius 2 is 2.25 bits per heavy atom. The molecule has 0 saturated carbocycles. The first-order valence-corrected chi connectivity index (χ1v) is 2.57. The van der Waals surface area contributed by atoms with E-state index >= 15 is 0 Å². The van der Waals surface area contributed by atoms with Crippen LogP contribution in [0.3, 0.4) is 0 Å². The molecular weight excluding hydrogens is 98.1 g/mol. The average Bonchev–Trinajstić information content (AvgIpc) is 1.66. The topological polar surface area (TPSA) is 12.4 Å². The number of rotatable bonds is 2. The molecule has 0 heterocycles. The molecule has 0 rings (SSSR count). The third-order valence-electron chi connectivity index (χ3n) is 0.594. The van der Waals surface area contributed by atoms with E-state index in [0.717, 1.165) is 5.57 Å². The molecule has 0 fully saturated rings. The zero-order chi connectivity index (χ0) is 6.41. The van der Waals surface area contributed by atoms with Crippen molar-refractivity contribution in [3.8, 4) is 0 Å². The fourth-order valence-electron chi connectivity index (χ4n) is 0.256. The summed E-state index contributed by atoms with van der Waals surface area (Å²) in [5.41, 5.74) is 1.02. The molecule has 1 nitrogen and oxygen atoms in total. The Labute approximate surface area is 50.4 Å². The maximum Gasteiger partial charge on any atom is 0.0266 e. The zero-order valence-electron chi connectivity index (χ0n) is 5.39. The smallest absolute Gasteiger partial charge is 0.0266 e. The fraction of sp³-hybridized carbons (Fsp3) is 0.286. The lowest BCUT2D eigenvalue weighted by Crippen LogP contribution is -1.59. The lowest BCUT2D eigenvalue weighted by atomic mass is 10.3. The van der Waals surface area contributed by atoms with Crippen molar-refractivity contribution < 1.29 is 0 Å². The lowest BCUT2D eigenvalue weighted by molar-refractivity contribution is 1.49. The summed E-state index contributed by atoms with van der Waals surface area (Å²) in [4.78, 5) is 3.85. The molecule has 0 aliphatic heterocycles. The summed E-state index contributed by atoms with van der Waals surface area (Å²) in [6.45, 7) is 7.48. The van der Waals surface area contributed by atoms with Gasteiger partial charge in [-0.25, -0.2) is 0 Å². The molecule has 0 aliphatic rings. The molecule has 0 aliphatic carbocycles. The minimum absolute atomic E-state index is 1.02. The molecule has 0 radical (unpaired) electrons. The maximum absolute atomic E-state index is 3.85. The standard InChI is InChI=1S/C7H11N/c1-4-8-6-5-7(2)3/h4-6H,2H2,1,3H3. The second-order valence-electron chi connectivity index (χ2n) is 1.57. The largest absolute Gasteiger partial charge is 0.269 e. The third kappa shape index (κ3) is 5.15. The maximum atomic E-state index is 3.85. The number of nitrogens with zero attached hydrogens (tertiary/aromatic N) is 1. The number of hydrogen-bond donors (Lipinski definition) is 0. The lowest BCUT2D eigenvalue weighted by Gasteiger charge is -1.78. The van der Waals surface area contributed by atoms with Crippen molar-refractivity contribution in [3.63, 3.8) is 0 Å². The van der Waals surface area contributed by atoms with Crippen molar-refractivity contribution >= 4 is 6.21 Å². The summed E-state index contributed by atoms with van der Waals surface area (Å²) in [6.07, 6.45) is 5.32. The van der Waals surface area contributed by atoms with Crippen LogP contribution in [-0.4, -0.2) is 6.21 Å². The highest BCUT2D eigenvalue weighted by molar-refractivity contribution is 5.54. The van der Waals surface area contributed by atoms with Crippen LogP contribution < -0.4 is 0 Å². The normalized spacial score (nSPS) is 11.2. The molecule has 1 heteroatoms. The van der Waals surface area contributed by atoms with Crippen LogP contribution in [0, 0.1) is 0 Å². The molecule has 8 heavy (non-hydrogen) atoms. The van der Waals surface area contributed by atoms with Gasteiger partial charge in [0.25, 0.3) is 0 Å². The van der Waals surface area contributed by atoms with Crippen LogP contribution in [-0.2, 0) is 0 Å². The minimum Gasteiger partial charge on any atom is -0.269 e. The first-order chi connectivity index (χ1) is 3.77. The van der Waals surface area contributed by atoms with Gasteiger partial charge in [0.05, 0.1) is 0 Å². The molecule has 0 saturated heterocycles. The molecule has 0 spiro atoms. The second-order valence-corrected chi connectivity index (χ2v) is 1.57. The van der Waals surface area contributed by atoms with Crippen LogP contribution in [0.25, 0.3) is 0 Å². The van der Waals surface area contributed by atoms with Gasteiger partial charge in [-0.05, 0) is 19.9 Å². The molecule has 0 aromatic carbocycles. The van der Waals surface area contributed by atoms with Gasteiger partial charge < -0.3 is 0 Å². The summed E-state index contributed by atoms with van der Waals surface area (Å²) in [7, 11) is 0. The van der Waals surface area contributed by atoms with Gasteiger partial charge in [0.15, 0.2) is 0 Å². The van der Waals surface area contributed by atoms with Crippen LogP contribution in [0.5, 0.6) is 0 Å². The highest BCUT2D eigenvalue weighted by atomic mass is 14.6. The first-order valence-electron chi connectivity index (χ1n) is 2.57. The summed E-state index contributed by atoms with van der Waals surface area (Å²) in [6, 6.07) is 0. The predicted octanol–water partition coefficient (Wildman–Crippen LogP) is 2.17. The van der Waals surface area contributed by atoms with Gasteiger partial charge in [-0.15, -0.1) is 0 Å². The van der Waals surface area contributed by atoms with Crippen LogP contribution in [0.4, 0.5) is 0 Å². The highest BCUT2D eigenvalue weighted by Crippen LogP contribution is 1.87. The van der Waals surface area contributed by atoms with Crippen molar-refractivity contribution in [2.75, 3.05) is 0 Å². The number of aliphatic imine (C=N–C) groups is 1. The molecule has 0 N–H and O–H groups in total. The van der Waals surface area contributed by atoms with Crippen molar-refractivity contribution in [2.24, 2.45) is 4.99 Å².